The first-order chi connectivity index (χ1) is 13.1. The number of hydrogen-bond donors (Lipinski definition) is 2. The Morgan fingerprint density at radius 3 is 2.57 bits per heavy atom. The van der Waals surface area contributed by atoms with Crippen LogP contribution in [0.3, 0.4) is 0 Å². The van der Waals surface area contributed by atoms with Gasteiger partial charge in [-0.2, -0.15) is 0 Å². The molecule has 2 heterocycles. The molecule has 0 aliphatic carbocycles. The third-order valence-electron chi connectivity index (χ3n) is 5.25. The summed E-state index contributed by atoms with van der Waals surface area (Å²) in [5.74, 6) is 0.0180. The summed E-state index contributed by atoms with van der Waals surface area (Å²) in [7, 11) is 1.66. The van der Waals surface area contributed by atoms with Crippen LogP contribution >= 0.6 is 23.7 Å². The summed E-state index contributed by atoms with van der Waals surface area (Å²) in [6.07, 6.45) is 3.80. The minimum atomic E-state index is -0.471. The number of nitrogens with one attached hydrogen (secondary N) is 2. The van der Waals surface area contributed by atoms with E-state index < -0.39 is 5.41 Å². The Morgan fingerprint density at radius 1 is 1.29 bits per heavy atom. The molecule has 3 rings (SSSR count). The van der Waals surface area contributed by atoms with E-state index >= 15 is 0 Å². The van der Waals surface area contributed by atoms with Crippen LogP contribution in [-0.4, -0.2) is 37.7 Å². The Balaban J connectivity index is 0.00000280. The second-order valence-corrected chi connectivity index (χ2v) is 8.49. The summed E-state index contributed by atoms with van der Waals surface area (Å²) in [6, 6.07) is 8.58. The standard InChI is InChI=1S/C21H29N3O2S.ClH/c1-4-5-16-6-8-17(9-7-16)18-15(2)27-20(23-18)24-19(25)21(14-26-3)10-12-22-13-11-21;/h6-9,22H,4-5,10-14H2,1-3H3,(H,23,24,25);1H. The Hall–Kier alpha value is -1.47. The number of halogens is 1. The number of hydrogen-bond acceptors (Lipinski definition) is 5. The fourth-order valence-electron chi connectivity index (χ4n) is 3.68. The monoisotopic (exact) mass is 423 g/mol. The van der Waals surface area contributed by atoms with Gasteiger partial charge < -0.3 is 15.4 Å². The number of nitrogens with zero attached hydrogens (tertiary/aromatic N) is 1. The number of carbonyl (C=O) groups excluding carboxylic acids is 1. The smallest absolute Gasteiger partial charge is 0.234 e. The number of methoxy groups -OCH3 is 1. The molecule has 0 atom stereocenters. The molecule has 2 aromatic rings. The molecule has 0 spiro atoms. The van der Waals surface area contributed by atoms with Gasteiger partial charge >= 0.3 is 0 Å². The van der Waals surface area contributed by atoms with Crippen LogP contribution < -0.4 is 10.6 Å². The molecule has 1 saturated heterocycles. The van der Waals surface area contributed by atoms with Gasteiger partial charge in [-0.15, -0.1) is 23.7 Å². The highest BCUT2D eigenvalue weighted by molar-refractivity contribution is 7.16. The molecule has 7 heteroatoms. The molecule has 1 fully saturated rings. The average molecular weight is 424 g/mol. The molecule has 28 heavy (non-hydrogen) atoms. The predicted molar refractivity (Wildman–Crippen MR) is 119 cm³/mol. The van der Waals surface area contributed by atoms with Gasteiger partial charge in [-0.3, -0.25) is 4.79 Å². The van der Waals surface area contributed by atoms with E-state index in [2.05, 4.69) is 48.7 Å². The van der Waals surface area contributed by atoms with Crippen molar-refractivity contribution in [3.8, 4) is 11.3 Å². The van der Waals surface area contributed by atoms with Crippen molar-refractivity contribution in [1.29, 1.82) is 0 Å². The molecule has 1 aromatic carbocycles. The van der Waals surface area contributed by atoms with Gasteiger partial charge in [-0.05, 0) is 44.8 Å². The van der Waals surface area contributed by atoms with Crippen molar-refractivity contribution in [2.24, 2.45) is 5.41 Å². The van der Waals surface area contributed by atoms with E-state index in [1.54, 1.807) is 7.11 Å². The SMILES string of the molecule is CCCc1ccc(-c2nc(NC(=O)C3(COC)CCNCC3)sc2C)cc1.Cl. The number of anilines is 1. The highest BCUT2D eigenvalue weighted by atomic mass is 35.5. The van der Waals surface area contributed by atoms with E-state index in [4.69, 9.17) is 9.72 Å². The maximum absolute atomic E-state index is 13.0. The van der Waals surface area contributed by atoms with Crippen LogP contribution in [0.25, 0.3) is 11.3 Å². The van der Waals surface area contributed by atoms with E-state index in [-0.39, 0.29) is 18.3 Å². The highest BCUT2D eigenvalue weighted by Crippen LogP contribution is 2.34. The fraction of sp³-hybridized carbons (Fsp3) is 0.524. The Kier molecular flexibility index (Phi) is 8.43. The molecule has 1 aromatic heterocycles. The molecule has 154 valence electrons. The minimum absolute atomic E-state index is 0. The summed E-state index contributed by atoms with van der Waals surface area (Å²) in [4.78, 5) is 18.8. The first kappa shape index (κ1) is 22.8. The molecular formula is C21H30ClN3O2S. The number of benzene rings is 1. The molecule has 1 aliphatic heterocycles. The molecular weight excluding hydrogens is 394 g/mol. The second-order valence-electron chi connectivity index (χ2n) is 7.29. The normalized spacial score (nSPS) is 15.7. The van der Waals surface area contributed by atoms with Crippen molar-refractivity contribution in [2.45, 2.75) is 39.5 Å². The first-order valence-corrected chi connectivity index (χ1v) is 10.5. The summed E-state index contributed by atoms with van der Waals surface area (Å²) in [5, 5.41) is 7.04. The van der Waals surface area contributed by atoms with Crippen molar-refractivity contribution in [2.75, 3.05) is 32.1 Å². The average Bonchev–Trinajstić information content (AvgIpc) is 3.04. The van der Waals surface area contributed by atoms with Gasteiger partial charge in [0.1, 0.15) is 0 Å². The second kappa shape index (κ2) is 10.3. The van der Waals surface area contributed by atoms with Gasteiger partial charge in [-0.1, -0.05) is 37.6 Å². The van der Waals surface area contributed by atoms with Crippen LogP contribution in [0, 0.1) is 12.3 Å². The number of ether oxygens (including phenoxy) is 1. The summed E-state index contributed by atoms with van der Waals surface area (Å²) >= 11 is 1.53. The molecule has 0 saturated carbocycles. The number of piperidine rings is 1. The number of thiazole rings is 1. The van der Waals surface area contributed by atoms with E-state index in [0.717, 1.165) is 54.9 Å². The Labute approximate surface area is 177 Å². The quantitative estimate of drug-likeness (QED) is 0.690. The molecule has 0 unspecified atom stereocenters. The zero-order valence-corrected chi connectivity index (χ0v) is 18.5. The number of carbonyl (C=O) groups is 1. The van der Waals surface area contributed by atoms with Gasteiger partial charge in [0.2, 0.25) is 5.91 Å². The van der Waals surface area contributed by atoms with Crippen LogP contribution in [0.15, 0.2) is 24.3 Å². The van der Waals surface area contributed by atoms with E-state index in [1.165, 1.54) is 16.9 Å². The van der Waals surface area contributed by atoms with Gasteiger partial charge in [0.15, 0.2) is 5.13 Å². The molecule has 0 radical (unpaired) electrons. The number of amides is 1. The third kappa shape index (κ3) is 5.11. The summed E-state index contributed by atoms with van der Waals surface area (Å²) in [5.41, 5.74) is 2.92. The highest BCUT2D eigenvalue weighted by Gasteiger charge is 2.40. The van der Waals surface area contributed by atoms with Gasteiger partial charge in [0.25, 0.3) is 0 Å². The van der Waals surface area contributed by atoms with Crippen molar-refractivity contribution < 1.29 is 9.53 Å². The molecule has 1 aliphatic rings. The summed E-state index contributed by atoms with van der Waals surface area (Å²) < 4.78 is 5.37. The number of aryl methyl sites for hydroxylation is 2. The van der Waals surface area contributed by atoms with Crippen LogP contribution in [0.4, 0.5) is 5.13 Å². The van der Waals surface area contributed by atoms with E-state index in [9.17, 15) is 4.79 Å². The maximum atomic E-state index is 13.0. The van der Waals surface area contributed by atoms with Gasteiger partial charge in [-0.25, -0.2) is 4.98 Å². The summed E-state index contributed by atoms with van der Waals surface area (Å²) in [6.45, 7) is 6.35. The lowest BCUT2D eigenvalue weighted by atomic mass is 9.79. The van der Waals surface area contributed by atoms with Crippen molar-refractivity contribution >= 4 is 34.8 Å². The van der Waals surface area contributed by atoms with Crippen molar-refractivity contribution in [3.05, 3.63) is 34.7 Å². The zero-order valence-electron chi connectivity index (χ0n) is 16.8. The molecule has 0 bridgehead atoms. The van der Waals surface area contributed by atoms with Crippen molar-refractivity contribution in [1.82, 2.24) is 10.3 Å². The molecule has 5 nitrogen and oxygen atoms in total. The van der Waals surface area contributed by atoms with E-state index in [0.29, 0.717) is 11.7 Å². The van der Waals surface area contributed by atoms with Gasteiger partial charge in [0, 0.05) is 17.6 Å². The number of aromatic nitrogens is 1. The number of rotatable bonds is 7. The predicted octanol–water partition coefficient (Wildman–Crippen LogP) is 4.45. The Bertz CT molecular complexity index is 765. The fourth-order valence-corrected chi connectivity index (χ4v) is 4.51. The largest absolute Gasteiger partial charge is 0.384 e. The lowest BCUT2D eigenvalue weighted by Crippen LogP contribution is -2.47. The minimum Gasteiger partial charge on any atom is -0.384 e. The van der Waals surface area contributed by atoms with Crippen LogP contribution in [0.1, 0.15) is 36.6 Å². The topological polar surface area (TPSA) is 63.2 Å². The third-order valence-corrected chi connectivity index (χ3v) is 6.13. The van der Waals surface area contributed by atoms with Crippen molar-refractivity contribution in [3.63, 3.8) is 0 Å². The van der Waals surface area contributed by atoms with Gasteiger partial charge in [0.05, 0.1) is 17.7 Å². The maximum Gasteiger partial charge on any atom is 0.234 e. The van der Waals surface area contributed by atoms with E-state index in [1.807, 2.05) is 0 Å². The molecule has 1 amide bonds. The molecule has 2 N–H and O–H groups in total. The lowest BCUT2D eigenvalue weighted by Gasteiger charge is -2.35. The zero-order chi connectivity index (χ0) is 19.3. The lowest BCUT2D eigenvalue weighted by molar-refractivity contribution is -0.130. The van der Waals surface area contributed by atoms with Crippen LogP contribution in [0.5, 0.6) is 0 Å². The van der Waals surface area contributed by atoms with Crippen LogP contribution in [-0.2, 0) is 16.0 Å². The first-order valence-electron chi connectivity index (χ1n) is 9.66. The Morgan fingerprint density at radius 2 is 1.96 bits per heavy atom. The van der Waals surface area contributed by atoms with Crippen LogP contribution in [0.2, 0.25) is 0 Å².